The number of rotatable bonds is 4. The molecule has 116 valence electrons. The smallest absolute Gasteiger partial charge is 0.335 e. The van der Waals surface area contributed by atoms with Gasteiger partial charge >= 0.3 is 5.97 Å². The van der Waals surface area contributed by atoms with E-state index in [0.717, 1.165) is 19.3 Å². The fraction of sp³-hybridized carbons (Fsp3) is 0.462. The monoisotopic (exact) mass is 319 g/mol. The highest BCUT2D eigenvalue weighted by Crippen LogP contribution is 2.23. The first-order chi connectivity index (χ1) is 9.81. The van der Waals surface area contributed by atoms with E-state index in [1.807, 2.05) is 0 Å². The zero-order chi connectivity index (χ0) is 15.6. The topological polar surface area (TPSA) is 83.5 Å². The van der Waals surface area contributed by atoms with Crippen LogP contribution in [-0.4, -0.2) is 25.5 Å². The molecule has 0 radical (unpaired) electrons. The van der Waals surface area contributed by atoms with Crippen molar-refractivity contribution in [2.75, 3.05) is 0 Å². The van der Waals surface area contributed by atoms with Gasteiger partial charge in [0.05, 0.1) is 5.56 Å². The van der Waals surface area contributed by atoms with Crippen molar-refractivity contribution in [3.63, 3.8) is 0 Å². The number of halogens is 2. The van der Waals surface area contributed by atoms with Gasteiger partial charge < -0.3 is 5.11 Å². The molecule has 1 saturated carbocycles. The average molecular weight is 319 g/mol. The highest BCUT2D eigenvalue weighted by atomic mass is 32.2. The fourth-order valence-corrected chi connectivity index (χ4v) is 3.80. The Balaban J connectivity index is 2.36. The van der Waals surface area contributed by atoms with Crippen LogP contribution in [0.1, 0.15) is 42.5 Å². The maximum absolute atomic E-state index is 13.7. The summed E-state index contributed by atoms with van der Waals surface area (Å²) < 4.78 is 53.7. The summed E-state index contributed by atoms with van der Waals surface area (Å²) in [6.45, 7) is 0. The van der Waals surface area contributed by atoms with Crippen LogP contribution in [0, 0.1) is 11.6 Å². The number of aromatic carboxylic acids is 1. The fourth-order valence-electron chi connectivity index (χ4n) is 2.39. The van der Waals surface area contributed by atoms with E-state index in [-0.39, 0.29) is 6.04 Å². The van der Waals surface area contributed by atoms with E-state index in [1.54, 1.807) is 0 Å². The molecule has 1 aromatic carbocycles. The van der Waals surface area contributed by atoms with Gasteiger partial charge in [-0.1, -0.05) is 19.3 Å². The van der Waals surface area contributed by atoms with Gasteiger partial charge in [0.2, 0.25) is 10.0 Å². The second-order valence-electron chi connectivity index (χ2n) is 5.03. The summed E-state index contributed by atoms with van der Waals surface area (Å²) in [7, 11) is -4.30. The molecule has 1 aliphatic carbocycles. The maximum Gasteiger partial charge on any atom is 0.335 e. The maximum atomic E-state index is 13.7. The van der Waals surface area contributed by atoms with Crippen LogP contribution in [0.15, 0.2) is 17.0 Å². The van der Waals surface area contributed by atoms with Gasteiger partial charge in [0, 0.05) is 6.04 Å². The summed E-state index contributed by atoms with van der Waals surface area (Å²) in [5.74, 6) is -4.59. The van der Waals surface area contributed by atoms with E-state index < -0.39 is 38.1 Å². The molecule has 0 unspecified atom stereocenters. The number of carboxylic acids is 1. The molecule has 8 heteroatoms. The van der Waals surface area contributed by atoms with Gasteiger partial charge in [0.1, 0.15) is 4.90 Å². The lowest BCUT2D eigenvalue weighted by atomic mass is 9.96. The van der Waals surface area contributed by atoms with Gasteiger partial charge in [-0.15, -0.1) is 0 Å². The number of carboxylic acid groups (broad SMARTS) is 1. The van der Waals surface area contributed by atoms with E-state index in [1.165, 1.54) is 0 Å². The minimum absolute atomic E-state index is 0.334. The van der Waals surface area contributed by atoms with Crippen molar-refractivity contribution in [3.05, 3.63) is 29.3 Å². The van der Waals surface area contributed by atoms with Crippen molar-refractivity contribution < 1.29 is 27.1 Å². The van der Waals surface area contributed by atoms with Crippen LogP contribution >= 0.6 is 0 Å². The first-order valence-electron chi connectivity index (χ1n) is 6.56. The summed E-state index contributed by atoms with van der Waals surface area (Å²) in [6, 6.07) is 0.753. The normalized spacial score (nSPS) is 16.9. The summed E-state index contributed by atoms with van der Waals surface area (Å²) in [5, 5.41) is 8.81. The van der Waals surface area contributed by atoms with Gasteiger partial charge in [0.25, 0.3) is 0 Å². The zero-order valence-corrected chi connectivity index (χ0v) is 11.9. The molecule has 0 aromatic heterocycles. The third-order valence-electron chi connectivity index (χ3n) is 3.46. The number of nitrogens with one attached hydrogen (secondary N) is 1. The lowest BCUT2D eigenvalue weighted by Gasteiger charge is -2.22. The Bertz CT molecular complexity index is 654. The van der Waals surface area contributed by atoms with Gasteiger partial charge in [-0.05, 0) is 25.0 Å². The quantitative estimate of drug-likeness (QED) is 0.892. The van der Waals surface area contributed by atoms with Crippen molar-refractivity contribution in [1.29, 1.82) is 0 Å². The van der Waals surface area contributed by atoms with Crippen LogP contribution in [0.3, 0.4) is 0 Å². The number of carbonyl (C=O) groups is 1. The predicted molar refractivity (Wildman–Crippen MR) is 70.5 cm³/mol. The Morgan fingerprint density at radius 3 is 2.38 bits per heavy atom. The van der Waals surface area contributed by atoms with E-state index in [0.29, 0.717) is 25.0 Å². The Morgan fingerprint density at radius 2 is 1.81 bits per heavy atom. The molecule has 0 atom stereocenters. The van der Waals surface area contributed by atoms with Crippen molar-refractivity contribution in [3.8, 4) is 0 Å². The Morgan fingerprint density at radius 1 is 1.19 bits per heavy atom. The Hall–Kier alpha value is -1.54. The molecule has 0 heterocycles. The molecule has 0 spiro atoms. The average Bonchev–Trinajstić information content (AvgIpc) is 2.41. The summed E-state index contributed by atoms with van der Waals surface area (Å²) in [6.07, 6.45) is 3.98. The second kappa shape index (κ2) is 6.07. The number of benzene rings is 1. The summed E-state index contributed by atoms with van der Waals surface area (Å²) in [5.41, 5.74) is -0.613. The second-order valence-corrected chi connectivity index (χ2v) is 6.71. The van der Waals surface area contributed by atoms with Crippen molar-refractivity contribution in [2.24, 2.45) is 0 Å². The molecule has 0 saturated heterocycles. The van der Waals surface area contributed by atoms with Gasteiger partial charge in [0.15, 0.2) is 11.6 Å². The number of sulfonamides is 1. The van der Waals surface area contributed by atoms with E-state index in [4.69, 9.17) is 5.11 Å². The first kappa shape index (κ1) is 15.8. The van der Waals surface area contributed by atoms with E-state index >= 15 is 0 Å². The minimum atomic E-state index is -4.30. The summed E-state index contributed by atoms with van der Waals surface area (Å²) in [4.78, 5) is 9.86. The molecule has 0 bridgehead atoms. The molecule has 5 nitrogen and oxygen atoms in total. The van der Waals surface area contributed by atoms with Crippen LogP contribution in [0.5, 0.6) is 0 Å². The van der Waals surface area contributed by atoms with Crippen LogP contribution in [0.2, 0.25) is 0 Å². The molecule has 2 N–H and O–H groups in total. The third kappa shape index (κ3) is 3.56. The minimum Gasteiger partial charge on any atom is -0.478 e. The molecule has 1 fully saturated rings. The van der Waals surface area contributed by atoms with Crippen molar-refractivity contribution in [2.45, 2.75) is 43.0 Å². The van der Waals surface area contributed by atoms with Gasteiger partial charge in [-0.25, -0.2) is 26.7 Å². The van der Waals surface area contributed by atoms with Gasteiger partial charge in [-0.3, -0.25) is 0 Å². The van der Waals surface area contributed by atoms with Crippen molar-refractivity contribution in [1.82, 2.24) is 4.72 Å². The number of hydrogen-bond donors (Lipinski definition) is 2. The molecule has 1 aliphatic rings. The van der Waals surface area contributed by atoms with Crippen LogP contribution in [0.25, 0.3) is 0 Å². The Labute approximate surface area is 121 Å². The SMILES string of the molecule is O=C(O)c1cc(F)c(F)c(S(=O)(=O)NC2CCCCC2)c1. The number of hydrogen-bond acceptors (Lipinski definition) is 3. The molecule has 2 rings (SSSR count). The lowest BCUT2D eigenvalue weighted by molar-refractivity contribution is 0.0696. The molecule has 1 aromatic rings. The molecule has 0 aliphatic heterocycles. The molecular formula is C13H15F2NO4S. The van der Waals surface area contributed by atoms with Crippen LogP contribution in [0.4, 0.5) is 8.78 Å². The summed E-state index contributed by atoms with van der Waals surface area (Å²) >= 11 is 0. The largest absolute Gasteiger partial charge is 0.478 e. The highest BCUT2D eigenvalue weighted by molar-refractivity contribution is 7.89. The van der Waals surface area contributed by atoms with Crippen molar-refractivity contribution >= 4 is 16.0 Å². The third-order valence-corrected chi connectivity index (χ3v) is 4.98. The van der Waals surface area contributed by atoms with Gasteiger partial charge in [-0.2, -0.15) is 0 Å². The lowest BCUT2D eigenvalue weighted by Crippen LogP contribution is -2.36. The van der Waals surface area contributed by atoms with Crippen LogP contribution < -0.4 is 4.72 Å². The zero-order valence-electron chi connectivity index (χ0n) is 11.1. The van der Waals surface area contributed by atoms with E-state index in [9.17, 15) is 22.0 Å². The predicted octanol–water partition coefficient (Wildman–Crippen LogP) is 2.27. The van der Waals surface area contributed by atoms with Crippen LogP contribution in [-0.2, 0) is 10.0 Å². The first-order valence-corrected chi connectivity index (χ1v) is 8.04. The highest BCUT2D eigenvalue weighted by Gasteiger charge is 2.27. The molecule has 0 amide bonds. The standard InChI is InChI=1S/C13H15F2NO4S/c14-10-6-8(13(17)18)7-11(12(10)15)21(19,20)16-9-4-2-1-3-5-9/h6-7,9,16H,1-5H2,(H,17,18). The molecule has 21 heavy (non-hydrogen) atoms. The Kier molecular flexibility index (Phi) is 4.58. The van der Waals surface area contributed by atoms with E-state index in [2.05, 4.69) is 4.72 Å². The molecular weight excluding hydrogens is 304 g/mol.